The summed E-state index contributed by atoms with van der Waals surface area (Å²) in [5, 5.41) is 80.6. The predicted molar refractivity (Wildman–Crippen MR) is 371 cm³/mol. The van der Waals surface area contributed by atoms with Crippen molar-refractivity contribution < 1.29 is 35.7 Å². The van der Waals surface area contributed by atoms with E-state index in [4.69, 9.17) is 0 Å². The molecule has 0 bridgehead atoms. The smallest absolute Gasteiger partial charge is 0.208 e. The average molecular weight is 1170 g/mol. The van der Waals surface area contributed by atoms with Gasteiger partial charge in [0.2, 0.25) is 17.2 Å². The minimum atomic E-state index is -1.07. The van der Waals surface area contributed by atoms with Gasteiger partial charge in [-0.3, -0.25) is 0 Å². The molecule has 2 heterocycles. The Balaban J connectivity index is 0.000000346. The molecule has 11 aromatic carbocycles. The summed E-state index contributed by atoms with van der Waals surface area (Å²) in [5.41, 5.74) is 15.6. The Morgan fingerprint density at radius 1 is 0.337 bits per heavy atom. The number of aromatic nitrogens is 2. The van der Waals surface area contributed by atoms with Crippen molar-refractivity contribution in [2.24, 2.45) is 0 Å². The standard InChI is InChI=1S/C57H42N2O7.C10H10.C7H8.C4H8.C2H4/c1-30-31(2)49(52(61)51(60)32(30)3)37-24-36(25-38(26-37)50-53(62)55(64)57(66)56(65)54(50)63)33-12-11-15-40(27-33)59-46-19-10-8-17-42(46)44-29-35(21-23-48(44)59)34-20-22-47-43(28-34)41-16-7-9-18-45(41)58(47)39-13-5-4-6-14-39;1-3-9(2)10-7-5-4-6-8-10;1-7-5-3-2-4-6-7;1-3-4-2;1-2/h4-29,60-66H,1-3H3;3-8H,1-2H2;2-6H,1H3;3-4H,1-2H3;1-2H2/b;;;4-3-;. The minimum absolute atomic E-state index is 0.150. The van der Waals surface area contributed by atoms with Crippen LogP contribution in [0.3, 0.4) is 0 Å². The van der Waals surface area contributed by atoms with Crippen molar-refractivity contribution in [3.05, 3.63) is 291 Å². The first-order chi connectivity index (χ1) is 43.1. The van der Waals surface area contributed by atoms with Crippen LogP contribution in [0, 0.1) is 27.7 Å². The molecule has 0 amide bonds. The molecule has 13 rings (SSSR count). The molecule has 0 saturated carbocycles. The Morgan fingerprint density at radius 2 is 0.742 bits per heavy atom. The SMILES string of the molecule is C/C=C\C.C=C.C=CC(=C)c1ccccc1.Cc1c(C)c(O)c(O)c(-c2cc(-c3cccc(-n4c5ccccc5c5cc(-c6ccc7c(c6)c6ccccc6n7-c6ccccc6)ccc54)c3)cc(-c3c(O)c(O)c(O)c(O)c3O)c2)c1C.Cc1ccccc1. The highest BCUT2D eigenvalue weighted by molar-refractivity contribution is 6.13. The molecule has 0 fully saturated rings. The number of hydrogen-bond donors (Lipinski definition) is 7. The van der Waals surface area contributed by atoms with Crippen molar-refractivity contribution in [2.75, 3.05) is 0 Å². The van der Waals surface area contributed by atoms with Crippen molar-refractivity contribution in [1.82, 2.24) is 9.13 Å². The number of allylic oxidation sites excluding steroid dienone is 4. The molecule has 2 aromatic heterocycles. The van der Waals surface area contributed by atoms with Gasteiger partial charge in [-0.1, -0.05) is 176 Å². The zero-order chi connectivity index (χ0) is 63.6. The number of phenols is 7. The lowest BCUT2D eigenvalue weighted by atomic mass is 9.88. The molecule has 13 aromatic rings. The lowest BCUT2D eigenvalue weighted by Crippen LogP contribution is -1.96. The highest BCUT2D eigenvalue weighted by atomic mass is 16.4. The van der Waals surface area contributed by atoms with Crippen LogP contribution in [-0.4, -0.2) is 44.9 Å². The topological polar surface area (TPSA) is 151 Å². The highest BCUT2D eigenvalue weighted by Crippen LogP contribution is 2.56. The molecule has 0 aliphatic heterocycles. The van der Waals surface area contributed by atoms with Crippen LogP contribution in [0.5, 0.6) is 40.2 Å². The molecular weight excluding hydrogens is 1100 g/mol. The van der Waals surface area contributed by atoms with Gasteiger partial charge in [0, 0.05) is 38.5 Å². The number of nitrogens with zero attached hydrogens (tertiary/aromatic N) is 2. The van der Waals surface area contributed by atoms with Gasteiger partial charge in [0.1, 0.15) is 0 Å². The highest BCUT2D eigenvalue weighted by Gasteiger charge is 2.27. The summed E-state index contributed by atoms with van der Waals surface area (Å²) in [6.07, 6.45) is 5.76. The number of aromatic hydroxyl groups is 7. The second-order valence-electron chi connectivity index (χ2n) is 21.3. The van der Waals surface area contributed by atoms with E-state index in [0.29, 0.717) is 27.8 Å². The van der Waals surface area contributed by atoms with Crippen LogP contribution in [0.2, 0.25) is 0 Å². The van der Waals surface area contributed by atoms with E-state index in [9.17, 15) is 35.7 Å². The Labute approximate surface area is 519 Å². The van der Waals surface area contributed by atoms with Gasteiger partial charge in [0.05, 0.1) is 27.6 Å². The van der Waals surface area contributed by atoms with Crippen LogP contribution < -0.4 is 0 Å². The summed E-state index contributed by atoms with van der Waals surface area (Å²) < 4.78 is 4.52. The summed E-state index contributed by atoms with van der Waals surface area (Å²) in [4.78, 5) is 0. The summed E-state index contributed by atoms with van der Waals surface area (Å²) in [6, 6.07) is 73.7. The van der Waals surface area contributed by atoms with Crippen LogP contribution in [-0.2, 0) is 0 Å². The minimum Gasteiger partial charge on any atom is -0.504 e. The second-order valence-corrected chi connectivity index (χ2v) is 21.3. The molecule has 7 N–H and O–H groups in total. The monoisotopic (exact) mass is 1170 g/mol. The van der Waals surface area contributed by atoms with E-state index in [-0.39, 0.29) is 22.6 Å². The third kappa shape index (κ3) is 12.4. The van der Waals surface area contributed by atoms with Gasteiger partial charge in [0.25, 0.3) is 0 Å². The van der Waals surface area contributed by atoms with Gasteiger partial charge in [-0.05, 0) is 182 Å². The molecule has 9 heteroatoms. The molecule has 444 valence electrons. The number of benzene rings is 11. The fourth-order valence-corrected chi connectivity index (χ4v) is 11.1. The second kappa shape index (κ2) is 27.3. The molecule has 0 unspecified atom stereocenters. The maximum atomic E-state index is 11.4. The summed E-state index contributed by atoms with van der Waals surface area (Å²) >= 11 is 0. The Morgan fingerprint density at radius 3 is 1.24 bits per heavy atom. The average Bonchev–Trinajstić information content (AvgIpc) is 1.71. The first-order valence-electron chi connectivity index (χ1n) is 29.1. The number of aryl methyl sites for hydroxylation is 1. The van der Waals surface area contributed by atoms with Gasteiger partial charge >= 0.3 is 0 Å². The number of phenolic OH excluding ortho intramolecular Hbond substituents is 7. The van der Waals surface area contributed by atoms with Crippen molar-refractivity contribution in [3.8, 4) is 96.1 Å². The molecule has 0 atom stereocenters. The van der Waals surface area contributed by atoms with Gasteiger partial charge in [-0.2, -0.15) is 0 Å². The van der Waals surface area contributed by atoms with Crippen LogP contribution in [0.1, 0.15) is 41.7 Å². The van der Waals surface area contributed by atoms with E-state index < -0.39 is 28.7 Å². The summed E-state index contributed by atoms with van der Waals surface area (Å²) in [6.45, 7) is 24.9. The van der Waals surface area contributed by atoms with E-state index in [1.54, 1.807) is 25.1 Å². The zero-order valence-corrected chi connectivity index (χ0v) is 50.9. The molecular formula is C80H72N2O7. The third-order valence-electron chi connectivity index (χ3n) is 16.0. The molecule has 0 saturated heterocycles. The molecule has 0 radical (unpaired) electrons. The fraction of sp³-hybridized carbons (Fsp3) is 0.0750. The van der Waals surface area contributed by atoms with Crippen LogP contribution in [0.15, 0.2) is 263 Å². The first kappa shape index (κ1) is 62.1. The third-order valence-corrected chi connectivity index (χ3v) is 16.0. The van der Waals surface area contributed by atoms with E-state index in [1.807, 2.05) is 137 Å². The fourth-order valence-electron chi connectivity index (χ4n) is 11.1. The molecule has 0 spiro atoms. The van der Waals surface area contributed by atoms with Gasteiger partial charge in [-0.25, -0.2) is 0 Å². The van der Waals surface area contributed by atoms with Crippen molar-refractivity contribution in [1.29, 1.82) is 0 Å². The van der Waals surface area contributed by atoms with Gasteiger partial charge < -0.3 is 44.9 Å². The quantitative estimate of drug-likeness (QED) is 0.0346. The number of rotatable bonds is 8. The molecule has 89 heavy (non-hydrogen) atoms. The Kier molecular flexibility index (Phi) is 19.1. The van der Waals surface area contributed by atoms with Crippen molar-refractivity contribution in [2.45, 2.75) is 41.5 Å². The molecule has 9 nitrogen and oxygen atoms in total. The largest absolute Gasteiger partial charge is 0.504 e. The lowest BCUT2D eigenvalue weighted by molar-refractivity contribution is 0.330. The number of para-hydroxylation sites is 3. The molecule has 0 aliphatic rings. The van der Waals surface area contributed by atoms with Crippen LogP contribution in [0.4, 0.5) is 0 Å². The predicted octanol–water partition coefficient (Wildman–Crippen LogP) is 20.7. The lowest BCUT2D eigenvalue weighted by Gasteiger charge is -2.19. The normalized spacial score (nSPS) is 10.8. The van der Waals surface area contributed by atoms with E-state index in [0.717, 1.165) is 77.6 Å². The van der Waals surface area contributed by atoms with Gasteiger partial charge in [-0.15, -0.1) is 13.2 Å². The van der Waals surface area contributed by atoms with E-state index in [1.165, 1.54) is 16.3 Å². The summed E-state index contributed by atoms with van der Waals surface area (Å²) in [5.74, 6) is -5.43. The zero-order valence-electron chi connectivity index (χ0n) is 50.9. The number of fused-ring (bicyclic) bond motifs is 6. The van der Waals surface area contributed by atoms with Gasteiger partial charge in [0.15, 0.2) is 23.0 Å². The molecule has 0 aliphatic carbocycles. The Bertz CT molecular complexity index is 4620. The maximum Gasteiger partial charge on any atom is 0.208 e. The Hall–Kier alpha value is -11.4. The number of hydrogen-bond acceptors (Lipinski definition) is 7. The summed E-state index contributed by atoms with van der Waals surface area (Å²) in [7, 11) is 0. The van der Waals surface area contributed by atoms with Crippen molar-refractivity contribution >= 4 is 49.2 Å². The van der Waals surface area contributed by atoms with Crippen LogP contribution in [0.25, 0.3) is 105 Å². The van der Waals surface area contributed by atoms with Crippen LogP contribution >= 0.6 is 0 Å². The van der Waals surface area contributed by atoms with E-state index in [2.05, 4.69) is 152 Å². The maximum absolute atomic E-state index is 11.4. The van der Waals surface area contributed by atoms with E-state index >= 15 is 0 Å². The van der Waals surface area contributed by atoms with Crippen molar-refractivity contribution in [3.63, 3.8) is 0 Å². The first-order valence-corrected chi connectivity index (χ1v) is 29.1.